The number of phenolic OH excluding ortho intramolecular Hbond substituents is 6. The predicted octanol–water partition coefficient (Wildman–Crippen LogP) is 1.15. The van der Waals surface area contributed by atoms with Crippen molar-refractivity contribution >= 4 is 5.78 Å². The minimum Gasteiger partial charge on any atom is -0.504 e. The van der Waals surface area contributed by atoms with Crippen molar-refractivity contribution in [1.29, 1.82) is 0 Å². The van der Waals surface area contributed by atoms with E-state index in [0.717, 1.165) is 12.1 Å². The van der Waals surface area contributed by atoms with Gasteiger partial charge >= 0.3 is 0 Å². The van der Waals surface area contributed by atoms with Gasteiger partial charge in [-0.25, -0.2) is 0 Å². The molecular formula is C13H10O7. The summed E-state index contributed by atoms with van der Waals surface area (Å²) in [6.07, 6.45) is 0. The van der Waals surface area contributed by atoms with Gasteiger partial charge in [-0.05, 0) is 12.1 Å². The molecule has 0 aliphatic carbocycles. The van der Waals surface area contributed by atoms with Gasteiger partial charge in [0, 0.05) is 6.07 Å². The highest BCUT2D eigenvalue weighted by Crippen LogP contribution is 2.44. The normalized spacial score (nSPS) is 10.4. The number of hydrogen-bond donors (Lipinski definition) is 6. The lowest BCUT2D eigenvalue weighted by Crippen LogP contribution is -2.03. The predicted molar refractivity (Wildman–Crippen MR) is 66.3 cm³/mol. The van der Waals surface area contributed by atoms with Crippen molar-refractivity contribution < 1.29 is 35.4 Å². The van der Waals surface area contributed by atoms with Crippen LogP contribution in [-0.2, 0) is 0 Å². The van der Waals surface area contributed by atoms with Gasteiger partial charge in [-0.3, -0.25) is 4.79 Å². The van der Waals surface area contributed by atoms with E-state index in [1.54, 1.807) is 0 Å². The lowest BCUT2D eigenvalue weighted by Gasteiger charge is -2.10. The molecule has 0 fully saturated rings. The van der Waals surface area contributed by atoms with Crippen LogP contribution in [0.3, 0.4) is 0 Å². The Bertz CT molecular complexity index is 680. The third-order valence-electron chi connectivity index (χ3n) is 2.72. The van der Waals surface area contributed by atoms with Gasteiger partial charge in [0.1, 0.15) is 5.56 Å². The number of carbonyl (C=O) groups excluding carboxylic acids is 1. The summed E-state index contributed by atoms with van der Waals surface area (Å²) in [5.74, 6) is -5.94. The summed E-state index contributed by atoms with van der Waals surface area (Å²) < 4.78 is 0. The fourth-order valence-electron chi connectivity index (χ4n) is 1.70. The summed E-state index contributed by atoms with van der Waals surface area (Å²) in [6, 6.07) is 4.19. The van der Waals surface area contributed by atoms with E-state index in [4.69, 9.17) is 0 Å². The molecular weight excluding hydrogens is 268 g/mol. The van der Waals surface area contributed by atoms with Gasteiger partial charge < -0.3 is 30.6 Å². The Morgan fingerprint density at radius 2 is 1.30 bits per heavy atom. The van der Waals surface area contributed by atoms with Crippen LogP contribution in [0.15, 0.2) is 24.3 Å². The molecule has 0 aliphatic heterocycles. The van der Waals surface area contributed by atoms with Crippen molar-refractivity contribution in [2.75, 3.05) is 0 Å². The van der Waals surface area contributed by atoms with Gasteiger partial charge in [-0.1, -0.05) is 6.07 Å². The molecule has 2 aromatic carbocycles. The fourth-order valence-corrected chi connectivity index (χ4v) is 1.70. The second-order valence-electron chi connectivity index (χ2n) is 3.99. The van der Waals surface area contributed by atoms with Crippen LogP contribution in [0.4, 0.5) is 0 Å². The minimum atomic E-state index is -1.08. The zero-order valence-electron chi connectivity index (χ0n) is 9.90. The van der Waals surface area contributed by atoms with Gasteiger partial charge in [0.2, 0.25) is 5.78 Å². The van der Waals surface area contributed by atoms with E-state index in [1.807, 2.05) is 0 Å². The zero-order valence-corrected chi connectivity index (χ0v) is 9.90. The van der Waals surface area contributed by atoms with Crippen LogP contribution >= 0.6 is 0 Å². The van der Waals surface area contributed by atoms with E-state index in [9.17, 15) is 35.4 Å². The summed E-state index contributed by atoms with van der Waals surface area (Å²) in [5.41, 5.74) is -1.20. The Labute approximate surface area is 112 Å². The van der Waals surface area contributed by atoms with E-state index >= 15 is 0 Å². The maximum Gasteiger partial charge on any atom is 0.204 e. The van der Waals surface area contributed by atoms with Crippen LogP contribution in [0.2, 0.25) is 0 Å². The standard InChI is InChI=1S/C13H10O7/c14-6-3-1-2-5(10(6)17)11(18)9-12(19)7(15)4-8(16)13(9)20/h1-4,14-17,19-20H. The monoisotopic (exact) mass is 278 g/mol. The average Bonchev–Trinajstić information content (AvgIpc) is 2.40. The van der Waals surface area contributed by atoms with Gasteiger partial charge in [0.25, 0.3) is 0 Å². The summed E-state index contributed by atoms with van der Waals surface area (Å²) in [4.78, 5) is 12.2. The lowest BCUT2D eigenvalue weighted by atomic mass is 9.99. The van der Waals surface area contributed by atoms with Gasteiger partial charge in [0.15, 0.2) is 34.5 Å². The maximum absolute atomic E-state index is 12.2. The molecule has 0 atom stereocenters. The van der Waals surface area contributed by atoms with Crippen LogP contribution in [-0.4, -0.2) is 36.4 Å². The molecule has 0 aliphatic rings. The smallest absolute Gasteiger partial charge is 0.204 e. The molecule has 104 valence electrons. The number of benzene rings is 2. The van der Waals surface area contributed by atoms with Gasteiger partial charge in [0.05, 0.1) is 5.56 Å². The first kappa shape index (κ1) is 13.3. The number of carbonyl (C=O) groups is 1. The Kier molecular flexibility index (Phi) is 3.03. The van der Waals surface area contributed by atoms with E-state index in [-0.39, 0.29) is 0 Å². The molecule has 2 rings (SSSR count). The largest absolute Gasteiger partial charge is 0.504 e. The van der Waals surface area contributed by atoms with Crippen molar-refractivity contribution in [3.63, 3.8) is 0 Å². The van der Waals surface area contributed by atoms with Crippen molar-refractivity contribution in [3.05, 3.63) is 35.4 Å². The molecule has 7 nitrogen and oxygen atoms in total. The summed E-state index contributed by atoms with van der Waals surface area (Å²) in [5, 5.41) is 56.8. The Balaban J connectivity index is 2.69. The fraction of sp³-hybridized carbons (Fsp3) is 0. The molecule has 0 aromatic heterocycles. The second-order valence-corrected chi connectivity index (χ2v) is 3.99. The minimum absolute atomic E-state index is 0.416. The van der Waals surface area contributed by atoms with Crippen LogP contribution < -0.4 is 0 Å². The van der Waals surface area contributed by atoms with Crippen molar-refractivity contribution in [2.45, 2.75) is 0 Å². The molecule has 6 N–H and O–H groups in total. The summed E-state index contributed by atoms with van der Waals surface area (Å²) >= 11 is 0. The first-order valence-corrected chi connectivity index (χ1v) is 5.37. The molecule has 0 saturated heterocycles. The summed E-state index contributed by atoms with van der Waals surface area (Å²) in [7, 11) is 0. The molecule has 0 unspecified atom stereocenters. The Hall–Kier alpha value is -3.09. The number of aromatic hydroxyl groups is 6. The first-order valence-electron chi connectivity index (χ1n) is 5.37. The third-order valence-corrected chi connectivity index (χ3v) is 2.72. The van der Waals surface area contributed by atoms with Crippen LogP contribution in [0, 0.1) is 0 Å². The van der Waals surface area contributed by atoms with Crippen molar-refractivity contribution in [3.8, 4) is 34.5 Å². The SMILES string of the molecule is O=C(c1cccc(O)c1O)c1c(O)c(O)cc(O)c1O. The Morgan fingerprint density at radius 3 is 1.85 bits per heavy atom. The molecule has 20 heavy (non-hydrogen) atoms. The Morgan fingerprint density at radius 1 is 0.750 bits per heavy atom. The van der Waals surface area contributed by atoms with E-state index < -0.39 is 51.4 Å². The van der Waals surface area contributed by atoms with Crippen LogP contribution in [0.1, 0.15) is 15.9 Å². The first-order chi connectivity index (χ1) is 9.34. The molecule has 0 bridgehead atoms. The number of rotatable bonds is 2. The number of phenols is 6. The molecule has 0 spiro atoms. The number of hydrogen-bond acceptors (Lipinski definition) is 7. The molecule has 0 amide bonds. The van der Waals surface area contributed by atoms with E-state index in [2.05, 4.69) is 0 Å². The van der Waals surface area contributed by atoms with E-state index in [0.29, 0.717) is 6.07 Å². The molecule has 0 saturated carbocycles. The van der Waals surface area contributed by atoms with Gasteiger partial charge in [-0.15, -0.1) is 0 Å². The highest BCUT2D eigenvalue weighted by molar-refractivity contribution is 6.15. The molecule has 0 heterocycles. The highest BCUT2D eigenvalue weighted by Gasteiger charge is 2.26. The molecule has 7 heteroatoms. The number of para-hydroxylation sites is 1. The lowest BCUT2D eigenvalue weighted by molar-refractivity contribution is 0.102. The molecule has 0 radical (unpaired) electrons. The summed E-state index contributed by atoms with van der Waals surface area (Å²) in [6.45, 7) is 0. The van der Waals surface area contributed by atoms with Crippen LogP contribution in [0.5, 0.6) is 34.5 Å². The molecule has 2 aromatic rings. The van der Waals surface area contributed by atoms with Gasteiger partial charge in [-0.2, -0.15) is 0 Å². The van der Waals surface area contributed by atoms with Crippen LogP contribution in [0.25, 0.3) is 0 Å². The quantitative estimate of drug-likeness (QED) is 0.275. The van der Waals surface area contributed by atoms with Crippen molar-refractivity contribution in [1.82, 2.24) is 0 Å². The highest BCUT2D eigenvalue weighted by atomic mass is 16.3. The zero-order chi connectivity index (χ0) is 15.0. The van der Waals surface area contributed by atoms with E-state index in [1.165, 1.54) is 6.07 Å². The van der Waals surface area contributed by atoms with Crippen molar-refractivity contribution in [2.24, 2.45) is 0 Å². The second kappa shape index (κ2) is 4.54. The average molecular weight is 278 g/mol. The topological polar surface area (TPSA) is 138 Å². The maximum atomic E-state index is 12.2. The third kappa shape index (κ3) is 1.91. The number of ketones is 1.